The van der Waals surface area contributed by atoms with Crippen LogP contribution in [0.25, 0.3) is 0 Å². The summed E-state index contributed by atoms with van der Waals surface area (Å²) in [5.74, 6) is -0.894. The summed E-state index contributed by atoms with van der Waals surface area (Å²) in [7, 11) is 3.60. The Bertz CT molecular complexity index is 801. The first-order valence-corrected chi connectivity index (χ1v) is 9.50. The zero-order chi connectivity index (χ0) is 20.6. The number of hydrogen-bond acceptors (Lipinski definition) is 5. The Kier molecular flexibility index (Phi) is 5.37. The van der Waals surface area contributed by atoms with Crippen molar-refractivity contribution in [2.45, 2.75) is 44.9 Å². The van der Waals surface area contributed by atoms with Crippen LogP contribution in [0.3, 0.4) is 0 Å². The number of rotatable bonds is 4. The Morgan fingerprint density at radius 3 is 2.46 bits per heavy atom. The molecule has 1 aromatic rings. The third kappa shape index (κ3) is 4.29. The predicted octanol–water partition coefficient (Wildman–Crippen LogP) is 3.28. The van der Waals surface area contributed by atoms with Crippen LogP contribution in [0.1, 0.15) is 37.6 Å². The molecule has 7 heteroatoms. The lowest BCUT2D eigenvalue weighted by molar-refractivity contribution is 0.0214. The van der Waals surface area contributed by atoms with Gasteiger partial charge in [0, 0.05) is 51.2 Å². The number of ketones is 1. The van der Waals surface area contributed by atoms with Gasteiger partial charge >= 0.3 is 6.09 Å². The van der Waals surface area contributed by atoms with Crippen LogP contribution in [-0.2, 0) is 4.74 Å². The second-order valence-electron chi connectivity index (χ2n) is 8.64. The van der Waals surface area contributed by atoms with Crippen LogP contribution in [0.4, 0.5) is 14.9 Å². The standard InChI is InChI=1S/C21H28FN3O3/c1-21(2,3)28-20(27)25-13-15-10-16(25)12-24(15)14-6-7-17(18(22)11-14)19(26)8-9-23(4)5/h6-9,11,15-16H,10,12-13H2,1-5H3/b9-8+. The fourth-order valence-corrected chi connectivity index (χ4v) is 3.72. The number of fused-ring (bicyclic) bond motifs is 2. The SMILES string of the molecule is CN(C)/C=C/C(=O)c1ccc(N2CC3CC2CN3C(=O)OC(C)(C)C)cc1F. The van der Waals surface area contributed by atoms with Crippen molar-refractivity contribution >= 4 is 17.6 Å². The number of piperazine rings is 1. The first-order valence-electron chi connectivity index (χ1n) is 9.50. The summed E-state index contributed by atoms with van der Waals surface area (Å²) in [6, 6.07) is 4.91. The van der Waals surface area contributed by atoms with Gasteiger partial charge < -0.3 is 19.4 Å². The lowest BCUT2D eigenvalue weighted by atomic mass is 10.1. The van der Waals surface area contributed by atoms with E-state index in [1.165, 1.54) is 18.2 Å². The average Bonchev–Trinajstić information content (AvgIpc) is 3.18. The summed E-state index contributed by atoms with van der Waals surface area (Å²) in [5.41, 5.74) is 0.272. The molecule has 0 spiro atoms. The van der Waals surface area contributed by atoms with Crippen molar-refractivity contribution in [1.82, 2.24) is 9.80 Å². The van der Waals surface area contributed by atoms with Gasteiger partial charge in [-0.2, -0.15) is 0 Å². The number of carbonyl (C=O) groups is 2. The number of likely N-dealkylation sites (tertiary alicyclic amines) is 1. The van der Waals surface area contributed by atoms with Crippen LogP contribution in [0.5, 0.6) is 0 Å². The zero-order valence-corrected chi connectivity index (χ0v) is 17.1. The van der Waals surface area contributed by atoms with Gasteiger partial charge in [0.2, 0.25) is 0 Å². The second-order valence-corrected chi connectivity index (χ2v) is 8.64. The number of nitrogens with zero attached hydrogens (tertiary/aromatic N) is 3. The number of halogens is 1. The zero-order valence-electron chi connectivity index (χ0n) is 17.1. The minimum atomic E-state index is -0.530. The van der Waals surface area contributed by atoms with E-state index in [9.17, 15) is 14.0 Å². The van der Waals surface area contributed by atoms with Crippen molar-refractivity contribution in [3.63, 3.8) is 0 Å². The molecule has 3 rings (SSSR count). The second kappa shape index (κ2) is 7.45. The summed E-state index contributed by atoms with van der Waals surface area (Å²) in [6.45, 7) is 6.76. The summed E-state index contributed by atoms with van der Waals surface area (Å²) in [5, 5.41) is 0. The highest BCUT2D eigenvalue weighted by Gasteiger charge is 2.46. The van der Waals surface area contributed by atoms with Crippen molar-refractivity contribution in [1.29, 1.82) is 0 Å². The van der Waals surface area contributed by atoms with E-state index in [1.807, 2.05) is 20.8 Å². The van der Waals surface area contributed by atoms with E-state index in [0.717, 1.165) is 12.1 Å². The van der Waals surface area contributed by atoms with Gasteiger partial charge in [-0.25, -0.2) is 9.18 Å². The Hall–Kier alpha value is -2.57. The van der Waals surface area contributed by atoms with Gasteiger partial charge in [0.15, 0.2) is 5.78 Å². The summed E-state index contributed by atoms with van der Waals surface area (Å²) in [6.07, 6.45) is 3.50. The highest BCUT2D eigenvalue weighted by molar-refractivity contribution is 6.04. The molecule has 0 N–H and O–H groups in total. The first-order chi connectivity index (χ1) is 13.0. The van der Waals surface area contributed by atoms with Crippen LogP contribution < -0.4 is 4.90 Å². The largest absolute Gasteiger partial charge is 0.444 e. The van der Waals surface area contributed by atoms with E-state index in [4.69, 9.17) is 4.74 Å². The number of benzene rings is 1. The van der Waals surface area contributed by atoms with E-state index < -0.39 is 11.4 Å². The Morgan fingerprint density at radius 1 is 1.21 bits per heavy atom. The molecule has 2 aliphatic heterocycles. The Labute approximate surface area is 165 Å². The molecule has 0 aliphatic carbocycles. The van der Waals surface area contributed by atoms with Crippen LogP contribution >= 0.6 is 0 Å². The summed E-state index contributed by atoms with van der Waals surface area (Å²) >= 11 is 0. The smallest absolute Gasteiger partial charge is 0.410 e. The van der Waals surface area contributed by atoms with Gasteiger partial charge in [0.1, 0.15) is 11.4 Å². The van der Waals surface area contributed by atoms with Crippen molar-refractivity contribution in [3.05, 3.63) is 41.9 Å². The maximum Gasteiger partial charge on any atom is 0.410 e. The molecule has 2 heterocycles. The maximum absolute atomic E-state index is 14.5. The number of amides is 1. The highest BCUT2D eigenvalue weighted by atomic mass is 19.1. The molecule has 2 atom stereocenters. The molecule has 6 nitrogen and oxygen atoms in total. The highest BCUT2D eigenvalue weighted by Crippen LogP contribution is 2.36. The molecule has 0 saturated carbocycles. The van der Waals surface area contributed by atoms with Gasteiger partial charge in [-0.05, 0) is 45.4 Å². The quantitative estimate of drug-likeness (QED) is 0.584. The molecule has 1 aromatic carbocycles. The fourth-order valence-electron chi connectivity index (χ4n) is 3.72. The molecule has 0 aromatic heterocycles. The Morgan fingerprint density at radius 2 is 1.93 bits per heavy atom. The normalized spacial score (nSPS) is 21.5. The number of carbonyl (C=O) groups excluding carboxylic acids is 2. The fraction of sp³-hybridized carbons (Fsp3) is 0.524. The molecular formula is C21H28FN3O3. The average molecular weight is 389 g/mol. The molecule has 152 valence electrons. The number of ether oxygens (including phenoxy) is 1. The van der Waals surface area contributed by atoms with Crippen molar-refractivity contribution < 1.29 is 18.7 Å². The molecule has 1 amide bonds. The lowest BCUT2D eigenvalue weighted by Gasteiger charge is -2.36. The van der Waals surface area contributed by atoms with Crippen LogP contribution in [0.15, 0.2) is 30.5 Å². The molecule has 2 saturated heterocycles. The van der Waals surface area contributed by atoms with Gasteiger partial charge in [0.05, 0.1) is 11.6 Å². The van der Waals surface area contributed by atoms with E-state index >= 15 is 0 Å². The molecule has 2 fully saturated rings. The minimum absolute atomic E-state index is 0.0570. The topological polar surface area (TPSA) is 53.1 Å². The molecular weight excluding hydrogens is 361 g/mol. The van der Waals surface area contributed by atoms with E-state index in [0.29, 0.717) is 13.1 Å². The molecule has 2 unspecified atom stereocenters. The Balaban J connectivity index is 1.68. The summed E-state index contributed by atoms with van der Waals surface area (Å²) < 4.78 is 20.0. The number of allylic oxidation sites excluding steroid dienone is 1. The molecule has 2 bridgehead atoms. The van der Waals surface area contributed by atoms with Crippen molar-refractivity contribution in [2.24, 2.45) is 0 Å². The third-order valence-corrected chi connectivity index (χ3v) is 4.94. The number of anilines is 1. The van der Waals surface area contributed by atoms with Gasteiger partial charge in [-0.1, -0.05) is 0 Å². The van der Waals surface area contributed by atoms with E-state index in [2.05, 4.69) is 4.90 Å². The maximum atomic E-state index is 14.5. The van der Waals surface area contributed by atoms with E-state index in [1.54, 1.807) is 36.2 Å². The van der Waals surface area contributed by atoms with Crippen molar-refractivity contribution in [3.8, 4) is 0 Å². The van der Waals surface area contributed by atoms with Gasteiger partial charge in [-0.3, -0.25) is 4.79 Å². The van der Waals surface area contributed by atoms with Crippen LogP contribution in [0, 0.1) is 5.82 Å². The van der Waals surface area contributed by atoms with Crippen molar-refractivity contribution in [2.75, 3.05) is 32.1 Å². The first kappa shape index (κ1) is 20.2. The van der Waals surface area contributed by atoms with E-state index in [-0.39, 0.29) is 29.5 Å². The predicted molar refractivity (Wildman–Crippen MR) is 106 cm³/mol. The molecule has 2 aliphatic rings. The minimum Gasteiger partial charge on any atom is -0.444 e. The third-order valence-electron chi connectivity index (χ3n) is 4.94. The summed E-state index contributed by atoms with van der Waals surface area (Å²) in [4.78, 5) is 30.1. The number of hydrogen-bond donors (Lipinski definition) is 0. The molecule has 28 heavy (non-hydrogen) atoms. The lowest BCUT2D eigenvalue weighted by Crippen LogP contribution is -2.50. The van der Waals surface area contributed by atoms with Crippen LogP contribution in [0.2, 0.25) is 0 Å². The van der Waals surface area contributed by atoms with Gasteiger partial charge in [-0.15, -0.1) is 0 Å². The van der Waals surface area contributed by atoms with Crippen LogP contribution in [-0.4, -0.2) is 66.5 Å². The monoisotopic (exact) mass is 389 g/mol. The molecule has 0 radical (unpaired) electrons. The van der Waals surface area contributed by atoms with Gasteiger partial charge in [0.25, 0.3) is 0 Å².